The fraction of sp³-hybridized carbons (Fsp3) is 0.133. The minimum atomic E-state index is -0.927. The molecule has 0 saturated carbocycles. The number of amides is 1. The Bertz CT molecular complexity index is 1590. The standard InChI is InChI=1S/C30H24ClNO5/c1-17-8-12-22(31)16-23(17)32-27(20-11-13-24(36-2)25(15-20)37-3)26(29(34)30(32)35)28(33)21-10-9-18-6-4-5-7-19(18)14-21/h4-16,27,33H,1-3H3/b28-26+. The Balaban J connectivity index is 1.77. The maximum atomic E-state index is 13.5. The third-order valence-corrected chi connectivity index (χ3v) is 6.86. The van der Waals surface area contributed by atoms with E-state index in [2.05, 4.69) is 0 Å². The van der Waals surface area contributed by atoms with Crippen molar-refractivity contribution < 1.29 is 24.2 Å². The summed E-state index contributed by atoms with van der Waals surface area (Å²) in [6.07, 6.45) is 0. The SMILES string of the molecule is COc1ccc(C2/C(=C(\O)c3ccc4ccccc4c3)C(=O)C(=O)N2c2cc(Cl)ccc2C)cc1OC. The number of halogens is 1. The minimum Gasteiger partial charge on any atom is -0.507 e. The van der Waals surface area contributed by atoms with Gasteiger partial charge in [-0.1, -0.05) is 60.1 Å². The van der Waals surface area contributed by atoms with E-state index < -0.39 is 17.7 Å². The first kappa shape index (κ1) is 24.4. The van der Waals surface area contributed by atoms with Gasteiger partial charge in [0, 0.05) is 16.3 Å². The van der Waals surface area contributed by atoms with E-state index in [1.807, 2.05) is 37.3 Å². The molecule has 7 heteroatoms. The number of aliphatic hydroxyl groups is 1. The first-order valence-electron chi connectivity index (χ1n) is 11.6. The van der Waals surface area contributed by atoms with Crippen LogP contribution in [0, 0.1) is 6.92 Å². The zero-order chi connectivity index (χ0) is 26.3. The van der Waals surface area contributed by atoms with Crippen LogP contribution in [0.3, 0.4) is 0 Å². The summed E-state index contributed by atoms with van der Waals surface area (Å²) in [6, 6.07) is 22.5. The molecule has 1 saturated heterocycles. The number of ether oxygens (including phenoxy) is 2. The molecule has 1 unspecified atom stereocenters. The minimum absolute atomic E-state index is 0.0214. The summed E-state index contributed by atoms with van der Waals surface area (Å²) in [7, 11) is 3.04. The Morgan fingerprint density at radius 2 is 1.59 bits per heavy atom. The van der Waals surface area contributed by atoms with Gasteiger partial charge in [0.15, 0.2) is 11.5 Å². The first-order valence-corrected chi connectivity index (χ1v) is 12.0. The highest BCUT2D eigenvalue weighted by atomic mass is 35.5. The molecule has 186 valence electrons. The van der Waals surface area contributed by atoms with E-state index in [-0.39, 0.29) is 11.3 Å². The predicted molar refractivity (Wildman–Crippen MR) is 144 cm³/mol. The van der Waals surface area contributed by atoms with Crippen LogP contribution >= 0.6 is 11.6 Å². The van der Waals surface area contributed by atoms with Crippen LogP contribution < -0.4 is 14.4 Å². The molecule has 1 heterocycles. The molecule has 37 heavy (non-hydrogen) atoms. The van der Waals surface area contributed by atoms with E-state index in [9.17, 15) is 14.7 Å². The maximum absolute atomic E-state index is 13.5. The van der Waals surface area contributed by atoms with E-state index in [0.717, 1.165) is 16.3 Å². The van der Waals surface area contributed by atoms with Gasteiger partial charge in [-0.2, -0.15) is 0 Å². The molecule has 0 aliphatic carbocycles. The summed E-state index contributed by atoms with van der Waals surface area (Å²) in [5.74, 6) is -0.876. The van der Waals surface area contributed by atoms with Gasteiger partial charge in [0.05, 0.1) is 25.8 Å². The van der Waals surface area contributed by atoms with Gasteiger partial charge in [-0.15, -0.1) is 0 Å². The predicted octanol–water partition coefficient (Wildman–Crippen LogP) is 6.45. The molecule has 6 nitrogen and oxygen atoms in total. The van der Waals surface area contributed by atoms with E-state index in [0.29, 0.717) is 33.3 Å². The molecule has 1 atom stereocenters. The number of fused-ring (bicyclic) bond motifs is 1. The molecule has 4 aromatic rings. The Labute approximate surface area is 219 Å². The average Bonchev–Trinajstić information content (AvgIpc) is 3.18. The van der Waals surface area contributed by atoms with Crippen molar-refractivity contribution in [2.24, 2.45) is 0 Å². The van der Waals surface area contributed by atoms with Gasteiger partial charge < -0.3 is 14.6 Å². The second kappa shape index (κ2) is 9.64. The third-order valence-electron chi connectivity index (χ3n) is 6.62. The lowest BCUT2D eigenvalue weighted by atomic mass is 9.94. The van der Waals surface area contributed by atoms with Crippen molar-refractivity contribution in [1.29, 1.82) is 0 Å². The number of aryl methyl sites for hydroxylation is 1. The van der Waals surface area contributed by atoms with Crippen LogP contribution in [0.1, 0.15) is 22.7 Å². The number of aliphatic hydroxyl groups excluding tert-OH is 1. The average molecular weight is 514 g/mol. The van der Waals surface area contributed by atoms with Gasteiger partial charge in [0.25, 0.3) is 11.7 Å². The molecule has 0 bridgehead atoms. The van der Waals surface area contributed by atoms with Crippen LogP contribution in [0.2, 0.25) is 5.02 Å². The zero-order valence-corrected chi connectivity index (χ0v) is 21.2. The highest BCUT2D eigenvalue weighted by Crippen LogP contribution is 2.45. The van der Waals surface area contributed by atoms with Gasteiger partial charge in [0.2, 0.25) is 0 Å². The van der Waals surface area contributed by atoms with Crippen LogP contribution in [0.5, 0.6) is 11.5 Å². The first-order chi connectivity index (χ1) is 17.8. The second-order valence-corrected chi connectivity index (χ2v) is 9.21. The lowest BCUT2D eigenvalue weighted by molar-refractivity contribution is -0.132. The topological polar surface area (TPSA) is 76.1 Å². The van der Waals surface area contributed by atoms with Crippen LogP contribution in [0.4, 0.5) is 5.69 Å². The fourth-order valence-electron chi connectivity index (χ4n) is 4.75. The number of ketones is 1. The molecule has 0 radical (unpaired) electrons. The number of benzene rings is 4. The summed E-state index contributed by atoms with van der Waals surface area (Å²) >= 11 is 6.29. The maximum Gasteiger partial charge on any atom is 0.300 e. The lowest BCUT2D eigenvalue weighted by Crippen LogP contribution is -2.30. The molecular weight excluding hydrogens is 490 g/mol. The molecule has 1 fully saturated rings. The van der Waals surface area contributed by atoms with Gasteiger partial charge >= 0.3 is 0 Å². The van der Waals surface area contributed by atoms with Crippen molar-refractivity contribution in [3.05, 3.63) is 106 Å². The number of carbonyl (C=O) groups is 2. The number of hydrogen-bond donors (Lipinski definition) is 1. The van der Waals surface area contributed by atoms with E-state index >= 15 is 0 Å². The summed E-state index contributed by atoms with van der Waals surface area (Å²) in [5, 5.41) is 13.8. The molecule has 1 N–H and O–H groups in total. The molecule has 5 rings (SSSR count). The number of nitrogens with zero attached hydrogens (tertiary/aromatic N) is 1. The number of anilines is 1. The number of hydrogen-bond acceptors (Lipinski definition) is 5. The van der Waals surface area contributed by atoms with Crippen molar-refractivity contribution in [2.45, 2.75) is 13.0 Å². The number of Topliss-reactive ketones (excluding diaryl/α,β-unsaturated/α-hetero) is 1. The van der Waals surface area contributed by atoms with Crippen LogP contribution in [0.25, 0.3) is 16.5 Å². The smallest absolute Gasteiger partial charge is 0.300 e. The number of rotatable bonds is 5. The molecule has 1 aliphatic heterocycles. The van der Waals surface area contributed by atoms with Gasteiger partial charge in [0.1, 0.15) is 5.76 Å². The summed E-state index contributed by atoms with van der Waals surface area (Å²) < 4.78 is 10.9. The molecule has 1 aliphatic rings. The Hall–Kier alpha value is -4.29. The van der Waals surface area contributed by atoms with Crippen molar-refractivity contribution in [2.75, 3.05) is 19.1 Å². The molecule has 1 amide bonds. The van der Waals surface area contributed by atoms with Gasteiger partial charge in [-0.25, -0.2) is 0 Å². The van der Waals surface area contributed by atoms with Crippen molar-refractivity contribution in [1.82, 2.24) is 0 Å². The monoisotopic (exact) mass is 513 g/mol. The van der Waals surface area contributed by atoms with E-state index in [4.69, 9.17) is 21.1 Å². The Morgan fingerprint density at radius 1 is 0.865 bits per heavy atom. The Kier molecular flexibility index (Phi) is 6.36. The van der Waals surface area contributed by atoms with E-state index in [1.54, 1.807) is 48.5 Å². The van der Waals surface area contributed by atoms with Crippen molar-refractivity contribution in [3.63, 3.8) is 0 Å². The largest absolute Gasteiger partial charge is 0.507 e. The summed E-state index contributed by atoms with van der Waals surface area (Å²) in [4.78, 5) is 28.4. The molecule has 0 spiro atoms. The molecule has 0 aromatic heterocycles. The molecule has 4 aromatic carbocycles. The second-order valence-electron chi connectivity index (χ2n) is 8.78. The summed E-state index contributed by atoms with van der Waals surface area (Å²) in [5.41, 5.74) is 2.21. The van der Waals surface area contributed by atoms with Crippen LogP contribution in [-0.2, 0) is 9.59 Å². The van der Waals surface area contributed by atoms with Crippen LogP contribution in [0.15, 0.2) is 84.4 Å². The highest BCUT2D eigenvalue weighted by Gasteiger charge is 2.47. The summed E-state index contributed by atoms with van der Waals surface area (Å²) in [6.45, 7) is 1.83. The quantitative estimate of drug-likeness (QED) is 0.189. The van der Waals surface area contributed by atoms with Crippen molar-refractivity contribution in [3.8, 4) is 11.5 Å². The van der Waals surface area contributed by atoms with Crippen LogP contribution in [-0.4, -0.2) is 31.0 Å². The third kappa shape index (κ3) is 4.19. The normalized spacial score (nSPS) is 16.9. The van der Waals surface area contributed by atoms with E-state index in [1.165, 1.54) is 19.1 Å². The van der Waals surface area contributed by atoms with Gasteiger partial charge in [-0.3, -0.25) is 14.5 Å². The fourth-order valence-corrected chi connectivity index (χ4v) is 4.92. The molecular formula is C30H24ClNO5. The number of methoxy groups -OCH3 is 2. The Morgan fingerprint density at radius 3 is 2.32 bits per heavy atom. The highest BCUT2D eigenvalue weighted by molar-refractivity contribution is 6.52. The van der Waals surface area contributed by atoms with Gasteiger partial charge in [-0.05, 0) is 59.2 Å². The zero-order valence-electron chi connectivity index (χ0n) is 20.5. The van der Waals surface area contributed by atoms with Crippen molar-refractivity contribution >= 4 is 45.5 Å². The number of carbonyl (C=O) groups excluding carboxylic acids is 2. The lowest BCUT2D eigenvalue weighted by Gasteiger charge is -2.27.